The van der Waals surface area contributed by atoms with Gasteiger partial charge in [0.2, 0.25) is 5.91 Å². The largest absolute Gasteiger partial charge is 0.329 e. The third-order valence-corrected chi connectivity index (χ3v) is 3.72. The molecule has 2 rings (SSSR count). The average molecular weight is 364 g/mol. The molecule has 4 nitrogen and oxygen atoms in total. The van der Waals surface area contributed by atoms with Crippen LogP contribution in [0, 0.1) is 24.4 Å². The molecule has 7 heteroatoms. The number of nitrogens with one attached hydrogen (secondary N) is 1. The topological polar surface area (TPSA) is 49.4 Å². The summed E-state index contributed by atoms with van der Waals surface area (Å²) in [7, 11) is 0. The number of aryl methyl sites for hydroxylation is 1. The fourth-order valence-corrected chi connectivity index (χ4v) is 2.39. The quantitative estimate of drug-likeness (QED) is 0.791. The van der Waals surface area contributed by atoms with Crippen molar-refractivity contribution in [2.24, 2.45) is 0 Å². The Kier molecular flexibility index (Phi) is 6.38. The molecule has 0 aliphatic carbocycles. The Bertz CT molecular complexity index is 807. The van der Waals surface area contributed by atoms with E-state index in [-0.39, 0.29) is 12.5 Å². The maximum absolute atomic E-state index is 13.7. The average Bonchev–Trinajstić information content (AvgIpc) is 2.62. The molecule has 26 heavy (non-hydrogen) atoms. The van der Waals surface area contributed by atoms with Crippen LogP contribution in [0.5, 0.6) is 0 Å². The molecule has 2 aromatic carbocycles. The Morgan fingerprint density at radius 3 is 2.27 bits per heavy atom. The number of carbonyl (C=O) groups is 2. The fourth-order valence-electron chi connectivity index (χ4n) is 2.39. The second-order valence-electron chi connectivity index (χ2n) is 5.86. The van der Waals surface area contributed by atoms with Crippen LogP contribution in [-0.2, 0) is 4.79 Å². The van der Waals surface area contributed by atoms with Crippen LogP contribution in [0.15, 0.2) is 36.4 Å². The van der Waals surface area contributed by atoms with Crippen molar-refractivity contribution in [1.82, 2.24) is 4.90 Å². The third kappa shape index (κ3) is 4.62. The first-order valence-corrected chi connectivity index (χ1v) is 8.12. The highest BCUT2D eigenvalue weighted by molar-refractivity contribution is 5.99. The minimum absolute atomic E-state index is 0.320. The van der Waals surface area contributed by atoms with E-state index in [1.165, 1.54) is 4.90 Å². The number of hydrogen-bond acceptors (Lipinski definition) is 2. The molecule has 0 saturated carbocycles. The monoisotopic (exact) mass is 364 g/mol. The van der Waals surface area contributed by atoms with E-state index in [1.807, 2.05) is 13.8 Å². The Balaban J connectivity index is 2.11. The van der Waals surface area contributed by atoms with Gasteiger partial charge in [-0.15, -0.1) is 0 Å². The van der Waals surface area contributed by atoms with E-state index in [9.17, 15) is 22.8 Å². The lowest BCUT2D eigenvalue weighted by Gasteiger charge is -2.22. The molecule has 2 amide bonds. The zero-order chi connectivity index (χ0) is 19.3. The second kappa shape index (κ2) is 8.51. The van der Waals surface area contributed by atoms with E-state index in [0.717, 1.165) is 17.7 Å². The van der Waals surface area contributed by atoms with Gasteiger partial charge in [0.15, 0.2) is 17.5 Å². The molecule has 0 atom stereocenters. The number of halogens is 3. The minimum atomic E-state index is -1.66. The first kappa shape index (κ1) is 19.5. The SMILES string of the molecule is CCCN(CC(=O)Nc1ccc(F)c(F)c1F)C(=O)c1ccc(C)cc1. The van der Waals surface area contributed by atoms with Crippen molar-refractivity contribution in [3.8, 4) is 0 Å². The number of benzene rings is 2. The zero-order valence-corrected chi connectivity index (χ0v) is 14.5. The summed E-state index contributed by atoms with van der Waals surface area (Å²) in [5, 5.41) is 2.17. The van der Waals surface area contributed by atoms with Crippen molar-refractivity contribution in [2.75, 3.05) is 18.4 Å². The van der Waals surface area contributed by atoms with E-state index in [1.54, 1.807) is 24.3 Å². The van der Waals surface area contributed by atoms with Gasteiger partial charge < -0.3 is 10.2 Å². The van der Waals surface area contributed by atoms with Crippen LogP contribution in [0.3, 0.4) is 0 Å². The maximum atomic E-state index is 13.7. The van der Waals surface area contributed by atoms with Crippen molar-refractivity contribution in [2.45, 2.75) is 20.3 Å². The van der Waals surface area contributed by atoms with Crippen LogP contribution < -0.4 is 5.32 Å². The van der Waals surface area contributed by atoms with E-state index in [4.69, 9.17) is 0 Å². The predicted octanol–water partition coefficient (Wildman–Crippen LogP) is 3.90. The molecule has 0 saturated heterocycles. The molecule has 0 radical (unpaired) electrons. The Labute approximate surface area is 149 Å². The van der Waals surface area contributed by atoms with Crippen LogP contribution >= 0.6 is 0 Å². The van der Waals surface area contributed by atoms with Crippen LogP contribution in [0.25, 0.3) is 0 Å². The smallest absolute Gasteiger partial charge is 0.254 e. The van der Waals surface area contributed by atoms with Crippen LogP contribution in [-0.4, -0.2) is 29.8 Å². The standard InChI is InChI=1S/C19H19F3N2O2/c1-3-10-24(19(26)13-6-4-12(2)5-7-13)11-16(25)23-15-9-8-14(20)17(21)18(15)22/h4-9H,3,10-11H2,1-2H3,(H,23,25). The summed E-state index contributed by atoms with van der Waals surface area (Å²) in [4.78, 5) is 26.0. The molecule has 0 aliphatic rings. The van der Waals surface area contributed by atoms with E-state index < -0.39 is 29.0 Å². The van der Waals surface area contributed by atoms with Gasteiger partial charge in [-0.3, -0.25) is 9.59 Å². The summed E-state index contributed by atoms with van der Waals surface area (Å²) in [6, 6.07) is 8.54. The fraction of sp³-hybridized carbons (Fsp3) is 0.263. The van der Waals surface area contributed by atoms with E-state index in [2.05, 4.69) is 5.32 Å². The highest BCUT2D eigenvalue weighted by Crippen LogP contribution is 2.19. The van der Waals surface area contributed by atoms with Crippen LogP contribution in [0.1, 0.15) is 29.3 Å². The predicted molar refractivity (Wildman–Crippen MR) is 92.3 cm³/mol. The molecule has 0 unspecified atom stereocenters. The number of rotatable bonds is 6. The van der Waals surface area contributed by atoms with Gasteiger partial charge in [0.1, 0.15) is 6.54 Å². The van der Waals surface area contributed by atoms with E-state index >= 15 is 0 Å². The van der Waals surface area contributed by atoms with Gasteiger partial charge in [0, 0.05) is 12.1 Å². The molecule has 0 aliphatic heterocycles. The Morgan fingerprint density at radius 1 is 1.00 bits per heavy atom. The molecule has 138 valence electrons. The molecule has 2 aromatic rings. The Hall–Kier alpha value is -2.83. The number of nitrogens with zero attached hydrogens (tertiary/aromatic N) is 1. The van der Waals surface area contributed by atoms with Gasteiger partial charge in [-0.25, -0.2) is 13.2 Å². The summed E-state index contributed by atoms with van der Waals surface area (Å²) in [6.07, 6.45) is 0.615. The highest BCUT2D eigenvalue weighted by atomic mass is 19.2. The minimum Gasteiger partial charge on any atom is -0.329 e. The summed E-state index contributed by atoms with van der Waals surface area (Å²) < 4.78 is 39.8. The Morgan fingerprint density at radius 2 is 1.65 bits per heavy atom. The molecular weight excluding hydrogens is 345 g/mol. The zero-order valence-electron chi connectivity index (χ0n) is 14.5. The van der Waals surface area contributed by atoms with Crippen molar-refractivity contribution >= 4 is 17.5 Å². The number of amides is 2. The molecular formula is C19H19F3N2O2. The number of hydrogen-bond donors (Lipinski definition) is 1. The van der Waals surface area contributed by atoms with Gasteiger partial charge in [0.05, 0.1) is 5.69 Å². The van der Waals surface area contributed by atoms with Gasteiger partial charge in [-0.1, -0.05) is 24.6 Å². The molecule has 0 aromatic heterocycles. The summed E-state index contributed by atoms with van der Waals surface area (Å²) in [6.45, 7) is 3.73. The van der Waals surface area contributed by atoms with Gasteiger partial charge in [-0.2, -0.15) is 0 Å². The lowest BCUT2D eigenvalue weighted by Crippen LogP contribution is -2.38. The third-order valence-electron chi connectivity index (χ3n) is 3.72. The normalized spacial score (nSPS) is 10.5. The molecule has 0 bridgehead atoms. The lowest BCUT2D eigenvalue weighted by atomic mass is 10.1. The highest BCUT2D eigenvalue weighted by Gasteiger charge is 2.20. The van der Waals surface area contributed by atoms with Crippen molar-refractivity contribution in [3.05, 3.63) is 65.0 Å². The maximum Gasteiger partial charge on any atom is 0.254 e. The van der Waals surface area contributed by atoms with Gasteiger partial charge >= 0.3 is 0 Å². The summed E-state index contributed by atoms with van der Waals surface area (Å²) in [5.41, 5.74) is 0.944. The van der Waals surface area contributed by atoms with Crippen molar-refractivity contribution < 1.29 is 22.8 Å². The number of carbonyl (C=O) groups excluding carboxylic acids is 2. The first-order chi connectivity index (χ1) is 12.3. The molecule has 1 N–H and O–H groups in total. The second-order valence-corrected chi connectivity index (χ2v) is 5.86. The van der Waals surface area contributed by atoms with Crippen molar-refractivity contribution in [1.29, 1.82) is 0 Å². The van der Waals surface area contributed by atoms with Crippen LogP contribution in [0.2, 0.25) is 0 Å². The molecule has 0 spiro atoms. The summed E-state index contributed by atoms with van der Waals surface area (Å²) in [5.74, 6) is -5.53. The lowest BCUT2D eigenvalue weighted by molar-refractivity contribution is -0.116. The summed E-state index contributed by atoms with van der Waals surface area (Å²) >= 11 is 0. The molecule has 0 heterocycles. The van der Waals surface area contributed by atoms with Gasteiger partial charge in [0.25, 0.3) is 5.91 Å². The van der Waals surface area contributed by atoms with Gasteiger partial charge in [-0.05, 0) is 37.6 Å². The first-order valence-electron chi connectivity index (χ1n) is 8.12. The number of anilines is 1. The van der Waals surface area contributed by atoms with E-state index in [0.29, 0.717) is 18.5 Å². The van der Waals surface area contributed by atoms with Crippen LogP contribution in [0.4, 0.5) is 18.9 Å². The van der Waals surface area contributed by atoms with Crippen molar-refractivity contribution in [3.63, 3.8) is 0 Å². The molecule has 0 fully saturated rings.